The Morgan fingerprint density at radius 1 is 1.00 bits per heavy atom. The SMILES string of the molecule is C#C.CC.CC(C)(C)OC(=O)NCCC(=O)O.c1ccccc1. The fourth-order valence-electron chi connectivity index (χ4n) is 0.971. The smallest absolute Gasteiger partial charge is 0.407 e. The largest absolute Gasteiger partial charge is 0.481 e. The summed E-state index contributed by atoms with van der Waals surface area (Å²) in [6, 6.07) is 12.0. The van der Waals surface area contributed by atoms with Gasteiger partial charge in [-0.15, -0.1) is 12.8 Å². The molecule has 0 aromatic heterocycles. The van der Waals surface area contributed by atoms with E-state index in [4.69, 9.17) is 9.84 Å². The van der Waals surface area contributed by atoms with Crippen molar-refractivity contribution >= 4 is 12.1 Å². The zero-order valence-corrected chi connectivity index (χ0v) is 14.7. The van der Waals surface area contributed by atoms with Crippen LogP contribution in [0.15, 0.2) is 36.4 Å². The summed E-state index contributed by atoms with van der Waals surface area (Å²) in [4.78, 5) is 21.0. The number of rotatable bonds is 3. The Morgan fingerprint density at radius 2 is 1.35 bits per heavy atom. The third kappa shape index (κ3) is 28.4. The minimum atomic E-state index is -0.948. The lowest BCUT2D eigenvalue weighted by molar-refractivity contribution is -0.136. The van der Waals surface area contributed by atoms with E-state index in [0.717, 1.165) is 0 Å². The van der Waals surface area contributed by atoms with Gasteiger partial charge in [0.2, 0.25) is 0 Å². The number of nitrogens with one attached hydrogen (secondary N) is 1. The van der Waals surface area contributed by atoms with E-state index in [1.807, 2.05) is 50.2 Å². The summed E-state index contributed by atoms with van der Waals surface area (Å²) >= 11 is 0. The van der Waals surface area contributed by atoms with E-state index in [1.165, 1.54) is 0 Å². The van der Waals surface area contributed by atoms with Crippen molar-refractivity contribution < 1.29 is 19.4 Å². The van der Waals surface area contributed by atoms with Gasteiger partial charge >= 0.3 is 12.1 Å². The van der Waals surface area contributed by atoms with Crippen molar-refractivity contribution in [2.45, 2.75) is 46.6 Å². The molecule has 0 aliphatic heterocycles. The van der Waals surface area contributed by atoms with Crippen molar-refractivity contribution in [1.29, 1.82) is 0 Å². The molecule has 0 saturated heterocycles. The van der Waals surface area contributed by atoms with Crippen LogP contribution in [0.5, 0.6) is 0 Å². The number of terminal acetylenes is 1. The third-order valence-electron chi connectivity index (χ3n) is 1.67. The number of hydrogen-bond donors (Lipinski definition) is 2. The van der Waals surface area contributed by atoms with Gasteiger partial charge in [0, 0.05) is 6.54 Å². The van der Waals surface area contributed by atoms with Gasteiger partial charge in [0.05, 0.1) is 6.42 Å². The topological polar surface area (TPSA) is 75.6 Å². The summed E-state index contributed by atoms with van der Waals surface area (Å²) in [6.07, 6.45) is 7.31. The van der Waals surface area contributed by atoms with Crippen LogP contribution in [0.1, 0.15) is 41.0 Å². The zero-order valence-electron chi connectivity index (χ0n) is 14.7. The Kier molecular flexibility index (Phi) is 19.5. The van der Waals surface area contributed by atoms with E-state index >= 15 is 0 Å². The number of ether oxygens (including phenoxy) is 1. The summed E-state index contributed by atoms with van der Waals surface area (Å²) in [7, 11) is 0. The first-order chi connectivity index (χ1) is 10.8. The number of carbonyl (C=O) groups is 2. The molecule has 0 unspecified atom stereocenters. The molecular weight excluding hydrogens is 294 g/mol. The first-order valence-corrected chi connectivity index (χ1v) is 7.33. The maximum Gasteiger partial charge on any atom is 0.407 e. The van der Waals surface area contributed by atoms with Crippen molar-refractivity contribution in [1.82, 2.24) is 5.32 Å². The quantitative estimate of drug-likeness (QED) is 0.826. The molecule has 0 heterocycles. The van der Waals surface area contributed by atoms with Gasteiger partial charge in [-0.1, -0.05) is 50.2 Å². The summed E-state index contributed by atoms with van der Waals surface area (Å²) in [6.45, 7) is 9.31. The van der Waals surface area contributed by atoms with Gasteiger partial charge in [0.1, 0.15) is 5.60 Å². The highest BCUT2D eigenvalue weighted by Crippen LogP contribution is 2.06. The highest BCUT2D eigenvalue weighted by Gasteiger charge is 2.15. The van der Waals surface area contributed by atoms with E-state index in [-0.39, 0.29) is 13.0 Å². The first-order valence-electron chi connectivity index (χ1n) is 7.33. The van der Waals surface area contributed by atoms with Crippen molar-refractivity contribution in [2.24, 2.45) is 0 Å². The summed E-state index contributed by atoms with van der Waals surface area (Å²) in [5, 5.41) is 10.6. The molecule has 0 radical (unpaired) electrons. The second kappa shape index (κ2) is 17.6. The summed E-state index contributed by atoms with van der Waals surface area (Å²) < 4.78 is 4.88. The molecule has 0 spiro atoms. The lowest BCUT2D eigenvalue weighted by Crippen LogP contribution is -2.33. The van der Waals surface area contributed by atoms with Crippen LogP contribution in [-0.4, -0.2) is 29.3 Å². The molecule has 5 nitrogen and oxygen atoms in total. The fourth-order valence-corrected chi connectivity index (χ4v) is 0.971. The van der Waals surface area contributed by atoms with E-state index in [9.17, 15) is 9.59 Å². The molecule has 0 aliphatic rings. The predicted octanol–water partition coefficient (Wildman–Crippen LogP) is 3.95. The number of carbonyl (C=O) groups excluding carboxylic acids is 1. The zero-order chi connectivity index (χ0) is 18.7. The van der Waals surface area contributed by atoms with E-state index in [0.29, 0.717) is 0 Å². The van der Waals surface area contributed by atoms with Gasteiger partial charge in [-0.3, -0.25) is 4.79 Å². The molecule has 1 amide bonds. The van der Waals surface area contributed by atoms with Crippen molar-refractivity contribution in [3.63, 3.8) is 0 Å². The van der Waals surface area contributed by atoms with Crippen LogP contribution in [0.25, 0.3) is 0 Å². The van der Waals surface area contributed by atoms with E-state index < -0.39 is 17.7 Å². The molecule has 1 aromatic rings. The van der Waals surface area contributed by atoms with Crippen molar-refractivity contribution in [2.75, 3.05) is 6.54 Å². The number of aliphatic carboxylic acids is 1. The Balaban J connectivity index is -0.000000330. The van der Waals surface area contributed by atoms with Crippen LogP contribution in [0.4, 0.5) is 4.79 Å². The number of carboxylic acids is 1. The molecule has 0 aliphatic carbocycles. The van der Waals surface area contributed by atoms with Crippen LogP contribution in [0.3, 0.4) is 0 Å². The molecule has 0 bridgehead atoms. The van der Waals surface area contributed by atoms with Gasteiger partial charge in [-0.05, 0) is 20.8 Å². The van der Waals surface area contributed by atoms with Crippen LogP contribution in [-0.2, 0) is 9.53 Å². The molecule has 0 fully saturated rings. The maximum absolute atomic E-state index is 10.9. The maximum atomic E-state index is 10.9. The fraction of sp³-hybridized carbons (Fsp3) is 0.444. The van der Waals surface area contributed by atoms with Crippen LogP contribution in [0, 0.1) is 12.8 Å². The molecule has 2 N–H and O–H groups in total. The molecule has 1 rings (SSSR count). The molecular formula is C18H29NO4. The molecule has 0 saturated carbocycles. The lowest BCUT2D eigenvalue weighted by atomic mass is 10.2. The first kappa shape index (κ1) is 25.5. The second-order valence-corrected chi connectivity index (χ2v) is 4.73. The highest BCUT2D eigenvalue weighted by atomic mass is 16.6. The summed E-state index contributed by atoms with van der Waals surface area (Å²) in [5.41, 5.74) is -0.548. The second-order valence-electron chi connectivity index (χ2n) is 4.73. The number of amides is 1. The molecule has 23 heavy (non-hydrogen) atoms. The van der Waals surface area contributed by atoms with Crippen molar-refractivity contribution in [3.8, 4) is 12.8 Å². The summed E-state index contributed by atoms with van der Waals surface area (Å²) in [5.74, 6) is -0.948. The number of carboxylic acid groups (broad SMARTS) is 1. The number of benzene rings is 1. The molecule has 1 aromatic carbocycles. The van der Waals surface area contributed by atoms with E-state index in [2.05, 4.69) is 18.2 Å². The lowest BCUT2D eigenvalue weighted by Gasteiger charge is -2.19. The average Bonchev–Trinajstić information content (AvgIpc) is 2.51. The van der Waals surface area contributed by atoms with E-state index in [1.54, 1.807) is 20.8 Å². The van der Waals surface area contributed by atoms with Gasteiger partial charge in [-0.2, -0.15) is 0 Å². The third-order valence-corrected chi connectivity index (χ3v) is 1.67. The predicted molar refractivity (Wildman–Crippen MR) is 94.2 cm³/mol. The molecule has 0 atom stereocenters. The Hall–Kier alpha value is -2.48. The Bertz CT molecular complexity index is 381. The normalized spacial score (nSPS) is 8.48. The van der Waals surface area contributed by atoms with Crippen molar-refractivity contribution in [3.05, 3.63) is 36.4 Å². The van der Waals surface area contributed by atoms with Gasteiger partial charge in [0.25, 0.3) is 0 Å². The monoisotopic (exact) mass is 323 g/mol. The number of alkyl carbamates (subject to hydrolysis) is 1. The van der Waals surface area contributed by atoms with Gasteiger partial charge in [-0.25, -0.2) is 4.79 Å². The highest BCUT2D eigenvalue weighted by molar-refractivity contribution is 5.70. The Labute approximate surface area is 140 Å². The van der Waals surface area contributed by atoms with Crippen LogP contribution in [0.2, 0.25) is 0 Å². The van der Waals surface area contributed by atoms with Crippen LogP contribution < -0.4 is 5.32 Å². The minimum Gasteiger partial charge on any atom is -0.481 e. The molecule has 130 valence electrons. The molecule has 5 heteroatoms. The Morgan fingerprint density at radius 3 is 1.61 bits per heavy atom. The standard InChI is InChI=1S/C8H15NO4.C6H6.C2H6.C2H2/c1-8(2,3)13-7(12)9-5-4-6(10)11;1-2-4-6-5-3-1;2*1-2/h4-5H2,1-3H3,(H,9,12)(H,10,11);1-6H;1-2H3;1-2H. The average molecular weight is 323 g/mol. The number of hydrogen-bond acceptors (Lipinski definition) is 3. The minimum absolute atomic E-state index is 0.0875. The van der Waals surface area contributed by atoms with Crippen LogP contribution >= 0.6 is 0 Å². The van der Waals surface area contributed by atoms with Gasteiger partial charge in [0.15, 0.2) is 0 Å². The van der Waals surface area contributed by atoms with Gasteiger partial charge < -0.3 is 15.2 Å².